The van der Waals surface area contributed by atoms with E-state index in [0.29, 0.717) is 5.41 Å². The number of hydrogen-bond acceptors (Lipinski definition) is 3. The first-order valence-electron chi connectivity index (χ1n) is 9.51. The highest BCUT2D eigenvalue weighted by Crippen LogP contribution is 2.42. The van der Waals surface area contributed by atoms with Crippen LogP contribution in [0, 0.1) is 5.41 Å². The molecule has 1 aliphatic carbocycles. The number of guanidine groups is 1. The number of carbonyl (C=O) groups excluding carboxylic acids is 1. The Labute approximate surface area is 178 Å². The summed E-state index contributed by atoms with van der Waals surface area (Å²) in [6.07, 6.45) is 6.10. The molecule has 26 heavy (non-hydrogen) atoms. The highest BCUT2D eigenvalue weighted by atomic mass is 127. The van der Waals surface area contributed by atoms with Gasteiger partial charge in [0.25, 0.3) is 0 Å². The molecule has 1 aromatic heterocycles. The minimum Gasteiger partial charge on any atom is -0.357 e. The van der Waals surface area contributed by atoms with Crippen molar-refractivity contribution in [2.75, 3.05) is 26.2 Å². The van der Waals surface area contributed by atoms with Crippen LogP contribution in [0.2, 0.25) is 0 Å². The van der Waals surface area contributed by atoms with Crippen molar-refractivity contribution < 1.29 is 4.79 Å². The smallest absolute Gasteiger partial charge is 0.244 e. The van der Waals surface area contributed by atoms with Crippen LogP contribution in [0.25, 0.3) is 0 Å². The molecule has 2 heterocycles. The Hall–Kier alpha value is -0.830. The second kappa shape index (κ2) is 9.92. The number of hydrogen-bond donors (Lipinski definition) is 2. The number of fused-ring (bicyclic) bond motifs is 1. The average molecular weight is 490 g/mol. The molecule has 2 N–H and O–H groups in total. The summed E-state index contributed by atoms with van der Waals surface area (Å²) in [5.74, 6) is 0.881. The van der Waals surface area contributed by atoms with Gasteiger partial charge in [0.1, 0.15) is 6.54 Å². The van der Waals surface area contributed by atoms with Crippen molar-refractivity contribution >= 4 is 47.2 Å². The topological polar surface area (TPSA) is 56.7 Å². The number of thiophene rings is 1. The van der Waals surface area contributed by atoms with Crippen LogP contribution >= 0.6 is 35.3 Å². The van der Waals surface area contributed by atoms with Gasteiger partial charge in [-0.1, -0.05) is 13.3 Å². The van der Waals surface area contributed by atoms with E-state index in [1.807, 2.05) is 4.90 Å². The Morgan fingerprint density at radius 3 is 2.81 bits per heavy atom. The minimum atomic E-state index is 0. The molecule has 3 rings (SSSR count). The zero-order valence-electron chi connectivity index (χ0n) is 15.8. The first-order chi connectivity index (χ1) is 12.2. The van der Waals surface area contributed by atoms with Gasteiger partial charge in [-0.3, -0.25) is 4.79 Å². The number of nitrogens with one attached hydrogen (secondary N) is 2. The molecule has 0 bridgehead atoms. The maximum atomic E-state index is 12.5. The molecule has 1 saturated carbocycles. The standard InChI is InChI=1S/C19H30N4OS.HI/c1-3-19(8-5-9-19)14-22-18(20-4-2)21-12-17(24)23-10-6-16-15(13-23)7-11-25-16;/h7,11H,3-6,8-10,12-14H2,1-2H3,(H2,20,21,22);1H. The molecule has 0 saturated heterocycles. The first-order valence-corrected chi connectivity index (χ1v) is 10.4. The van der Waals surface area contributed by atoms with Crippen molar-refractivity contribution in [1.29, 1.82) is 0 Å². The summed E-state index contributed by atoms with van der Waals surface area (Å²) < 4.78 is 0. The van der Waals surface area contributed by atoms with Crippen LogP contribution in [0.15, 0.2) is 16.4 Å². The largest absolute Gasteiger partial charge is 0.357 e. The molecule has 0 aromatic carbocycles. The Balaban J connectivity index is 0.00000243. The minimum absolute atomic E-state index is 0. The second-order valence-electron chi connectivity index (χ2n) is 7.19. The molecular weight excluding hydrogens is 459 g/mol. The molecule has 0 atom stereocenters. The van der Waals surface area contributed by atoms with Gasteiger partial charge in [0.2, 0.25) is 5.91 Å². The van der Waals surface area contributed by atoms with Crippen LogP contribution in [-0.4, -0.2) is 42.9 Å². The highest BCUT2D eigenvalue weighted by Gasteiger charge is 2.34. The fourth-order valence-electron chi connectivity index (χ4n) is 3.65. The average Bonchev–Trinajstić information content (AvgIpc) is 3.06. The molecule has 2 aliphatic rings. The molecule has 0 unspecified atom stereocenters. The number of halogens is 1. The van der Waals surface area contributed by atoms with E-state index in [1.54, 1.807) is 11.3 Å². The van der Waals surface area contributed by atoms with Crippen molar-refractivity contribution in [2.45, 2.75) is 52.5 Å². The van der Waals surface area contributed by atoms with E-state index in [9.17, 15) is 4.79 Å². The fourth-order valence-corrected chi connectivity index (χ4v) is 4.54. The van der Waals surface area contributed by atoms with Crippen molar-refractivity contribution in [3.05, 3.63) is 21.9 Å². The van der Waals surface area contributed by atoms with Crippen LogP contribution in [0.4, 0.5) is 0 Å². The van der Waals surface area contributed by atoms with Gasteiger partial charge in [-0.15, -0.1) is 35.3 Å². The lowest BCUT2D eigenvalue weighted by molar-refractivity contribution is -0.130. The molecule has 5 nitrogen and oxygen atoms in total. The molecular formula is C19H31IN4OS. The van der Waals surface area contributed by atoms with Crippen LogP contribution in [-0.2, 0) is 17.8 Å². The van der Waals surface area contributed by atoms with E-state index in [4.69, 9.17) is 0 Å². The Morgan fingerprint density at radius 1 is 1.35 bits per heavy atom. The van der Waals surface area contributed by atoms with Crippen LogP contribution in [0.5, 0.6) is 0 Å². The van der Waals surface area contributed by atoms with E-state index in [1.165, 1.54) is 36.1 Å². The summed E-state index contributed by atoms with van der Waals surface area (Å²) in [6, 6.07) is 2.14. The van der Waals surface area contributed by atoms with Gasteiger partial charge in [-0.25, -0.2) is 4.99 Å². The van der Waals surface area contributed by atoms with Crippen LogP contribution < -0.4 is 10.6 Å². The van der Waals surface area contributed by atoms with Gasteiger partial charge in [-0.05, 0) is 55.0 Å². The predicted molar refractivity (Wildman–Crippen MR) is 119 cm³/mol. The molecule has 0 spiro atoms. The summed E-state index contributed by atoms with van der Waals surface area (Å²) in [5, 5.41) is 8.84. The SMILES string of the molecule is CCNC(=NCC(=O)N1CCc2sccc2C1)NCC1(CC)CCC1.I. The number of carbonyl (C=O) groups is 1. The maximum Gasteiger partial charge on any atom is 0.244 e. The van der Waals surface area contributed by atoms with E-state index < -0.39 is 0 Å². The monoisotopic (exact) mass is 490 g/mol. The van der Waals surface area contributed by atoms with Gasteiger partial charge < -0.3 is 15.5 Å². The summed E-state index contributed by atoms with van der Waals surface area (Å²) in [6.45, 7) is 7.84. The molecule has 146 valence electrons. The van der Waals surface area contributed by atoms with E-state index in [2.05, 4.69) is 40.9 Å². The van der Waals surface area contributed by atoms with E-state index in [-0.39, 0.29) is 36.4 Å². The first kappa shape index (κ1) is 21.5. The lowest BCUT2D eigenvalue weighted by Gasteiger charge is -2.41. The number of rotatable bonds is 6. The zero-order chi connectivity index (χ0) is 17.7. The normalized spacial score (nSPS) is 18.4. The van der Waals surface area contributed by atoms with E-state index in [0.717, 1.165) is 38.6 Å². The Kier molecular flexibility index (Phi) is 8.19. The van der Waals surface area contributed by atoms with Crippen molar-refractivity contribution in [3.8, 4) is 0 Å². The third kappa shape index (κ3) is 5.12. The van der Waals surface area contributed by atoms with Gasteiger partial charge in [-0.2, -0.15) is 0 Å². The van der Waals surface area contributed by atoms with Crippen molar-refractivity contribution in [2.24, 2.45) is 10.4 Å². The quantitative estimate of drug-likeness (QED) is 0.365. The number of nitrogens with zero attached hydrogens (tertiary/aromatic N) is 2. The van der Waals surface area contributed by atoms with Gasteiger partial charge in [0.05, 0.1) is 0 Å². The molecule has 7 heteroatoms. The van der Waals surface area contributed by atoms with Gasteiger partial charge in [0, 0.05) is 31.1 Å². The summed E-state index contributed by atoms with van der Waals surface area (Å²) in [4.78, 5) is 20.4. The Morgan fingerprint density at radius 2 is 2.15 bits per heavy atom. The van der Waals surface area contributed by atoms with Gasteiger partial charge in [0.15, 0.2) is 5.96 Å². The maximum absolute atomic E-state index is 12.5. The van der Waals surface area contributed by atoms with Crippen LogP contribution in [0.3, 0.4) is 0 Å². The summed E-state index contributed by atoms with van der Waals surface area (Å²) in [5.41, 5.74) is 1.73. The van der Waals surface area contributed by atoms with Crippen LogP contribution in [0.1, 0.15) is 50.0 Å². The molecule has 1 amide bonds. The third-order valence-electron chi connectivity index (χ3n) is 5.67. The van der Waals surface area contributed by atoms with E-state index >= 15 is 0 Å². The number of aliphatic imine (C=N–C) groups is 1. The lowest BCUT2D eigenvalue weighted by Crippen LogP contribution is -2.46. The second-order valence-corrected chi connectivity index (χ2v) is 8.19. The number of amides is 1. The molecule has 1 fully saturated rings. The summed E-state index contributed by atoms with van der Waals surface area (Å²) in [7, 11) is 0. The molecule has 1 aliphatic heterocycles. The van der Waals surface area contributed by atoms with Gasteiger partial charge >= 0.3 is 0 Å². The van der Waals surface area contributed by atoms with Crippen molar-refractivity contribution in [3.63, 3.8) is 0 Å². The third-order valence-corrected chi connectivity index (χ3v) is 6.70. The van der Waals surface area contributed by atoms with Crippen molar-refractivity contribution in [1.82, 2.24) is 15.5 Å². The summed E-state index contributed by atoms with van der Waals surface area (Å²) >= 11 is 1.80. The predicted octanol–water partition coefficient (Wildman–Crippen LogP) is 3.39. The fraction of sp³-hybridized carbons (Fsp3) is 0.684. The lowest BCUT2D eigenvalue weighted by atomic mass is 9.67. The molecule has 0 radical (unpaired) electrons. The Bertz CT molecular complexity index is 621. The zero-order valence-corrected chi connectivity index (χ0v) is 19.0. The highest BCUT2D eigenvalue weighted by molar-refractivity contribution is 14.0. The molecule has 1 aromatic rings.